The number of nitrogens with zero attached hydrogens (tertiary/aromatic N) is 2. The van der Waals surface area contributed by atoms with E-state index < -0.39 is 12.1 Å². The third kappa shape index (κ3) is 3.82. The summed E-state index contributed by atoms with van der Waals surface area (Å²) in [6.07, 6.45) is 5.89. The number of rotatable bonds is 6. The topological polar surface area (TPSA) is 73.2 Å². The number of esters is 1. The second-order valence-corrected chi connectivity index (χ2v) is 7.68. The lowest BCUT2D eigenvalue weighted by atomic mass is 9.96. The molecule has 0 bridgehead atoms. The van der Waals surface area contributed by atoms with Gasteiger partial charge in [-0.05, 0) is 51.5 Å². The number of carbonyl (C=O) groups excluding carboxylic acids is 2. The number of hydrogen-bond donors (Lipinski definition) is 1. The van der Waals surface area contributed by atoms with E-state index in [2.05, 4.69) is 17.3 Å². The molecule has 140 valence electrons. The van der Waals surface area contributed by atoms with E-state index in [1.165, 1.54) is 11.3 Å². The van der Waals surface area contributed by atoms with Gasteiger partial charge in [-0.2, -0.15) is 5.10 Å². The molecule has 3 rings (SSSR count). The van der Waals surface area contributed by atoms with E-state index in [1.807, 2.05) is 12.3 Å². The van der Waals surface area contributed by atoms with E-state index in [1.54, 1.807) is 35.2 Å². The van der Waals surface area contributed by atoms with E-state index >= 15 is 0 Å². The molecule has 0 aromatic carbocycles. The van der Waals surface area contributed by atoms with Crippen LogP contribution in [0.4, 0.5) is 5.82 Å². The molecule has 26 heavy (non-hydrogen) atoms. The van der Waals surface area contributed by atoms with Crippen molar-refractivity contribution in [3.05, 3.63) is 33.6 Å². The lowest BCUT2D eigenvalue weighted by Gasteiger charge is -2.17. The summed E-state index contributed by atoms with van der Waals surface area (Å²) in [5.74, 6) is -0.157. The first-order valence-corrected chi connectivity index (χ1v) is 10.0. The molecule has 2 heterocycles. The summed E-state index contributed by atoms with van der Waals surface area (Å²) in [6.45, 7) is 5.69. The maximum absolute atomic E-state index is 12.5. The summed E-state index contributed by atoms with van der Waals surface area (Å²) in [4.78, 5) is 26.2. The number of nitrogens with one attached hydrogen (secondary N) is 1. The molecular formula is C19H25N3O3S. The number of amides is 1. The molecule has 0 saturated heterocycles. The van der Waals surface area contributed by atoms with Crippen LogP contribution in [0.5, 0.6) is 0 Å². The number of carbonyl (C=O) groups is 2. The zero-order valence-electron chi connectivity index (χ0n) is 15.4. The second kappa shape index (κ2) is 8.03. The standard InChI is InChI=1S/C19H25N3O3S/c1-4-12(2)22-17(9-10-20-22)21-18(23)13(3)25-19(24)15-11-26-16-8-6-5-7-14(15)16/h9-13H,4-8H2,1-3H3,(H,21,23)/t12-,13-/m1/s1. The number of aryl methyl sites for hydroxylation is 1. The predicted octanol–water partition coefficient (Wildman–Crippen LogP) is 3.98. The zero-order chi connectivity index (χ0) is 18.7. The molecule has 2 aromatic rings. The molecule has 1 N–H and O–H groups in total. The molecule has 6 nitrogen and oxygen atoms in total. The van der Waals surface area contributed by atoms with Crippen molar-refractivity contribution >= 4 is 29.0 Å². The number of hydrogen-bond acceptors (Lipinski definition) is 5. The van der Waals surface area contributed by atoms with Crippen LogP contribution in [0, 0.1) is 0 Å². The first kappa shape index (κ1) is 18.6. The van der Waals surface area contributed by atoms with E-state index in [0.29, 0.717) is 11.4 Å². The largest absolute Gasteiger partial charge is 0.449 e. The summed E-state index contributed by atoms with van der Waals surface area (Å²) in [5.41, 5.74) is 1.72. The van der Waals surface area contributed by atoms with Crippen LogP contribution in [0.25, 0.3) is 0 Å². The SMILES string of the molecule is CC[C@@H](C)n1nccc1NC(=O)[C@@H](C)OC(=O)c1csc2c1CCCC2. The van der Waals surface area contributed by atoms with Crippen molar-refractivity contribution in [1.29, 1.82) is 0 Å². The van der Waals surface area contributed by atoms with Gasteiger partial charge < -0.3 is 10.1 Å². The highest BCUT2D eigenvalue weighted by Gasteiger charge is 2.25. The van der Waals surface area contributed by atoms with Crippen LogP contribution in [0.15, 0.2) is 17.6 Å². The van der Waals surface area contributed by atoms with Crippen LogP contribution in [0.2, 0.25) is 0 Å². The van der Waals surface area contributed by atoms with Crippen LogP contribution in [0.1, 0.15) is 66.9 Å². The second-order valence-electron chi connectivity index (χ2n) is 6.71. The minimum absolute atomic E-state index is 0.176. The summed E-state index contributed by atoms with van der Waals surface area (Å²) >= 11 is 1.61. The lowest BCUT2D eigenvalue weighted by molar-refractivity contribution is -0.123. The van der Waals surface area contributed by atoms with Crippen molar-refractivity contribution in [2.24, 2.45) is 0 Å². The number of fused-ring (bicyclic) bond motifs is 1. The van der Waals surface area contributed by atoms with Gasteiger partial charge in [0.25, 0.3) is 5.91 Å². The summed E-state index contributed by atoms with van der Waals surface area (Å²) in [5, 5.41) is 8.91. The van der Waals surface area contributed by atoms with Gasteiger partial charge in [-0.3, -0.25) is 4.79 Å². The summed E-state index contributed by atoms with van der Waals surface area (Å²) < 4.78 is 7.19. The normalized spacial score (nSPS) is 15.8. The van der Waals surface area contributed by atoms with Gasteiger partial charge in [0.2, 0.25) is 0 Å². The van der Waals surface area contributed by atoms with Gasteiger partial charge in [-0.25, -0.2) is 9.48 Å². The van der Waals surface area contributed by atoms with Crippen LogP contribution in [-0.4, -0.2) is 27.8 Å². The summed E-state index contributed by atoms with van der Waals surface area (Å²) in [6, 6.07) is 1.92. The highest BCUT2D eigenvalue weighted by molar-refractivity contribution is 7.10. The Morgan fingerprint density at radius 3 is 2.88 bits per heavy atom. The maximum Gasteiger partial charge on any atom is 0.340 e. The highest BCUT2D eigenvalue weighted by Crippen LogP contribution is 2.30. The fraction of sp³-hybridized carbons (Fsp3) is 0.526. The quantitative estimate of drug-likeness (QED) is 0.775. The van der Waals surface area contributed by atoms with E-state index in [0.717, 1.165) is 31.2 Å². The molecule has 1 aliphatic carbocycles. The average Bonchev–Trinajstić information content (AvgIpc) is 3.27. The van der Waals surface area contributed by atoms with Crippen molar-refractivity contribution in [2.75, 3.05) is 5.32 Å². The molecule has 0 fully saturated rings. The smallest absolute Gasteiger partial charge is 0.340 e. The fourth-order valence-electron chi connectivity index (χ4n) is 3.11. The van der Waals surface area contributed by atoms with Gasteiger partial charge in [0.15, 0.2) is 6.10 Å². The number of thiophene rings is 1. The Balaban J connectivity index is 1.64. The van der Waals surface area contributed by atoms with Crippen molar-refractivity contribution in [3.63, 3.8) is 0 Å². The fourth-order valence-corrected chi connectivity index (χ4v) is 4.22. The van der Waals surface area contributed by atoms with Crippen molar-refractivity contribution in [3.8, 4) is 0 Å². The number of anilines is 1. The van der Waals surface area contributed by atoms with Crippen LogP contribution >= 0.6 is 11.3 Å². The molecule has 0 aliphatic heterocycles. The Kier molecular flexibility index (Phi) is 5.76. The van der Waals surface area contributed by atoms with E-state index in [-0.39, 0.29) is 11.9 Å². The first-order chi connectivity index (χ1) is 12.5. The van der Waals surface area contributed by atoms with Crippen molar-refractivity contribution in [2.45, 2.75) is 65.0 Å². The maximum atomic E-state index is 12.5. The Morgan fingerprint density at radius 1 is 1.35 bits per heavy atom. The van der Waals surface area contributed by atoms with E-state index in [4.69, 9.17) is 4.74 Å². The highest BCUT2D eigenvalue weighted by atomic mass is 32.1. The van der Waals surface area contributed by atoms with Gasteiger partial charge >= 0.3 is 5.97 Å². The van der Waals surface area contributed by atoms with Gasteiger partial charge in [-0.15, -0.1) is 11.3 Å². The monoisotopic (exact) mass is 375 g/mol. The minimum atomic E-state index is -0.873. The Bertz CT molecular complexity index is 796. The van der Waals surface area contributed by atoms with Gasteiger partial charge in [-0.1, -0.05) is 6.92 Å². The molecule has 2 aromatic heterocycles. The molecule has 0 radical (unpaired) electrons. The molecular weight excluding hydrogens is 350 g/mol. The Morgan fingerprint density at radius 2 is 2.12 bits per heavy atom. The van der Waals surface area contributed by atoms with Crippen molar-refractivity contribution < 1.29 is 14.3 Å². The molecule has 1 aliphatic rings. The lowest BCUT2D eigenvalue weighted by Crippen LogP contribution is -2.31. The third-order valence-electron chi connectivity index (χ3n) is 4.86. The minimum Gasteiger partial charge on any atom is -0.449 e. The average molecular weight is 375 g/mol. The van der Waals surface area contributed by atoms with Crippen LogP contribution in [-0.2, 0) is 22.4 Å². The van der Waals surface area contributed by atoms with Gasteiger partial charge in [0.1, 0.15) is 5.82 Å². The molecule has 0 unspecified atom stereocenters. The van der Waals surface area contributed by atoms with E-state index in [9.17, 15) is 9.59 Å². The summed E-state index contributed by atoms with van der Waals surface area (Å²) in [7, 11) is 0. The zero-order valence-corrected chi connectivity index (χ0v) is 16.3. The first-order valence-electron chi connectivity index (χ1n) is 9.15. The molecule has 0 spiro atoms. The van der Waals surface area contributed by atoms with Crippen molar-refractivity contribution in [1.82, 2.24) is 9.78 Å². The third-order valence-corrected chi connectivity index (χ3v) is 5.95. The van der Waals surface area contributed by atoms with Crippen LogP contribution in [0.3, 0.4) is 0 Å². The Labute approximate surface area is 157 Å². The molecule has 2 atom stereocenters. The Hall–Kier alpha value is -2.15. The van der Waals surface area contributed by atoms with Gasteiger partial charge in [0, 0.05) is 16.3 Å². The predicted molar refractivity (Wildman–Crippen MR) is 102 cm³/mol. The van der Waals surface area contributed by atoms with Gasteiger partial charge in [0.05, 0.1) is 17.8 Å². The number of aromatic nitrogens is 2. The van der Waals surface area contributed by atoms with Crippen LogP contribution < -0.4 is 5.32 Å². The number of ether oxygens (including phenoxy) is 1. The molecule has 0 saturated carbocycles. The molecule has 7 heteroatoms. The molecule has 1 amide bonds.